The van der Waals surface area contributed by atoms with Crippen molar-refractivity contribution >= 4 is 11.5 Å². The number of fused-ring (bicyclic) bond motifs is 1. The van der Waals surface area contributed by atoms with Crippen molar-refractivity contribution < 1.29 is 9.47 Å². The Bertz CT molecular complexity index is 1140. The van der Waals surface area contributed by atoms with E-state index in [2.05, 4.69) is 29.4 Å². The van der Waals surface area contributed by atoms with Crippen LogP contribution >= 0.6 is 0 Å². The Kier molecular flexibility index (Phi) is 5.08. The molecule has 0 fully saturated rings. The summed E-state index contributed by atoms with van der Waals surface area (Å²) in [4.78, 5) is 4.64. The van der Waals surface area contributed by atoms with Crippen molar-refractivity contribution in [3.63, 3.8) is 0 Å². The van der Waals surface area contributed by atoms with Crippen molar-refractivity contribution in [1.82, 2.24) is 14.6 Å². The van der Waals surface area contributed by atoms with Gasteiger partial charge in [-0.2, -0.15) is 9.61 Å². The molecular weight excluding hydrogens is 364 g/mol. The Morgan fingerprint density at radius 3 is 2.41 bits per heavy atom. The highest BCUT2D eigenvalue weighted by atomic mass is 16.5. The van der Waals surface area contributed by atoms with Crippen LogP contribution in [-0.4, -0.2) is 28.8 Å². The summed E-state index contributed by atoms with van der Waals surface area (Å²) in [5.74, 6) is 2.26. The average molecular weight is 388 g/mol. The minimum absolute atomic E-state index is 0.134. The highest BCUT2D eigenvalue weighted by Gasteiger charge is 2.14. The molecule has 0 aliphatic rings. The third kappa shape index (κ3) is 3.74. The summed E-state index contributed by atoms with van der Waals surface area (Å²) >= 11 is 0. The van der Waals surface area contributed by atoms with Gasteiger partial charge in [0.15, 0.2) is 17.1 Å². The highest BCUT2D eigenvalue weighted by molar-refractivity contribution is 5.68. The maximum atomic E-state index is 5.43. The van der Waals surface area contributed by atoms with Gasteiger partial charge < -0.3 is 14.8 Å². The molecule has 1 N–H and O–H groups in total. The molecule has 0 aliphatic heterocycles. The number of rotatable bonds is 6. The molecule has 0 radical (unpaired) electrons. The van der Waals surface area contributed by atoms with Gasteiger partial charge in [-0.25, -0.2) is 4.98 Å². The number of nitrogens with zero attached hydrogens (tertiary/aromatic N) is 3. The molecule has 0 spiro atoms. The quantitative estimate of drug-likeness (QED) is 0.509. The summed E-state index contributed by atoms with van der Waals surface area (Å²) in [6.07, 6.45) is 0. The Balaban J connectivity index is 1.74. The first-order chi connectivity index (χ1) is 14.1. The molecule has 29 heavy (non-hydrogen) atoms. The van der Waals surface area contributed by atoms with Gasteiger partial charge >= 0.3 is 0 Å². The van der Waals surface area contributed by atoms with Gasteiger partial charge in [0, 0.05) is 29.4 Å². The lowest BCUT2D eigenvalue weighted by molar-refractivity contribution is 0.355. The monoisotopic (exact) mass is 388 g/mol. The van der Waals surface area contributed by atoms with Crippen molar-refractivity contribution in [3.05, 3.63) is 71.9 Å². The largest absolute Gasteiger partial charge is 0.493 e. The number of nitrogens with one attached hydrogen (secondary N) is 1. The normalized spacial score (nSPS) is 12.0. The van der Waals surface area contributed by atoms with Gasteiger partial charge in [-0.1, -0.05) is 30.3 Å². The smallest absolute Gasteiger partial charge is 0.161 e. The molecule has 0 saturated heterocycles. The van der Waals surface area contributed by atoms with Gasteiger partial charge in [-0.05, 0) is 37.6 Å². The molecular formula is C23H24N4O2. The molecule has 4 rings (SSSR count). The third-order valence-corrected chi connectivity index (χ3v) is 4.90. The van der Waals surface area contributed by atoms with Crippen LogP contribution in [0, 0.1) is 6.92 Å². The first-order valence-corrected chi connectivity index (χ1v) is 9.50. The average Bonchev–Trinajstić information content (AvgIpc) is 3.18. The first-order valence-electron chi connectivity index (χ1n) is 9.50. The minimum atomic E-state index is 0.134. The summed E-state index contributed by atoms with van der Waals surface area (Å²) in [5.41, 5.74) is 4.69. The summed E-state index contributed by atoms with van der Waals surface area (Å²) in [5, 5.41) is 8.36. The number of ether oxygens (including phenoxy) is 2. The number of hydrogen-bond donors (Lipinski definition) is 1. The van der Waals surface area contributed by atoms with Crippen LogP contribution in [0.5, 0.6) is 11.5 Å². The molecule has 4 aromatic rings. The van der Waals surface area contributed by atoms with Gasteiger partial charge in [0.1, 0.15) is 5.82 Å². The third-order valence-electron chi connectivity index (χ3n) is 4.90. The summed E-state index contributed by atoms with van der Waals surface area (Å²) in [6.45, 7) is 4.12. The maximum Gasteiger partial charge on any atom is 0.161 e. The lowest BCUT2D eigenvalue weighted by Crippen LogP contribution is -2.11. The molecule has 0 saturated carbocycles. The van der Waals surface area contributed by atoms with Crippen LogP contribution in [-0.2, 0) is 0 Å². The fraction of sp³-hybridized carbons (Fsp3) is 0.217. The van der Waals surface area contributed by atoms with Gasteiger partial charge in [-0.3, -0.25) is 0 Å². The number of methoxy groups -OCH3 is 2. The van der Waals surface area contributed by atoms with Crippen LogP contribution in [0.15, 0.2) is 60.7 Å². The molecule has 148 valence electrons. The van der Waals surface area contributed by atoms with Gasteiger partial charge in [-0.15, -0.1) is 0 Å². The van der Waals surface area contributed by atoms with Gasteiger partial charge in [0.2, 0.25) is 0 Å². The molecule has 2 heterocycles. The Hall–Kier alpha value is -3.54. The number of aromatic nitrogens is 3. The van der Waals surface area contributed by atoms with E-state index in [9.17, 15) is 0 Å². The standard InChI is InChI=1S/C23H24N4O2/c1-15-12-22(25-16(2)17-8-6-5-7-9-17)27-23(24-15)14-19(26-27)18-10-11-20(28-3)21(13-18)29-4/h5-14,16,25H,1-4H3/t16-/m0/s1. The van der Waals surface area contributed by atoms with E-state index in [1.807, 2.05) is 60.0 Å². The van der Waals surface area contributed by atoms with Crippen LogP contribution in [0.2, 0.25) is 0 Å². The first kappa shape index (κ1) is 18.8. The van der Waals surface area contributed by atoms with Crippen molar-refractivity contribution in [3.8, 4) is 22.8 Å². The lowest BCUT2D eigenvalue weighted by Gasteiger charge is -2.16. The number of benzene rings is 2. The molecule has 2 aromatic heterocycles. The van der Waals surface area contributed by atoms with Crippen LogP contribution in [0.4, 0.5) is 5.82 Å². The van der Waals surface area contributed by atoms with Crippen LogP contribution in [0.3, 0.4) is 0 Å². The zero-order chi connectivity index (χ0) is 20.4. The molecule has 1 atom stereocenters. The van der Waals surface area contributed by atoms with E-state index in [0.29, 0.717) is 11.5 Å². The second kappa shape index (κ2) is 7.83. The molecule has 6 heteroatoms. The van der Waals surface area contributed by atoms with Crippen molar-refractivity contribution in [2.75, 3.05) is 19.5 Å². The zero-order valence-electron chi connectivity index (χ0n) is 17.0. The minimum Gasteiger partial charge on any atom is -0.493 e. The number of aryl methyl sites for hydroxylation is 1. The second-order valence-electron chi connectivity index (χ2n) is 6.93. The Labute approximate surface area is 170 Å². The Morgan fingerprint density at radius 2 is 1.69 bits per heavy atom. The zero-order valence-corrected chi connectivity index (χ0v) is 17.0. The van der Waals surface area contributed by atoms with E-state index in [0.717, 1.165) is 28.4 Å². The lowest BCUT2D eigenvalue weighted by atomic mass is 10.1. The maximum absolute atomic E-state index is 5.43. The molecule has 0 aliphatic carbocycles. The van der Waals surface area contributed by atoms with Gasteiger partial charge in [0.05, 0.1) is 19.9 Å². The predicted molar refractivity (Wildman–Crippen MR) is 115 cm³/mol. The van der Waals surface area contributed by atoms with Crippen LogP contribution in [0.1, 0.15) is 24.2 Å². The molecule has 2 aromatic carbocycles. The van der Waals surface area contributed by atoms with Gasteiger partial charge in [0.25, 0.3) is 0 Å². The van der Waals surface area contributed by atoms with E-state index in [1.165, 1.54) is 5.56 Å². The Morgan fingerprint density at radius 1 is 0.931 bits per heavy atom. The summed E-state index contributed by atoms with van der Waals surface area (Å²) < 4.78 is 12.6. The second-order valence-corrected chi connectivity index (χ2v) is 6.93. The predicted octanol–water partition coefficient (Wildman–Crippen LogP) is 4.90. The molecule has 0 unspecified atom stereocenters. The van der Waals surface area contributed by atoms with Crippen molar-refractivity contribution in [2.45, 2.75) is 19.9 Å². The van der Waals surface area contributed by atoms with E-state index in [-0.39, 0.29) is 6.04 Å². The summed E-state index contributed by atoms with van der Waals surface area (Å²) in [6, 6.07) is 20.2. The summed E-state index contributed by atoms with van der Waals surface area (Å²) in [7, 11) is 3.25. The number of anilines is 1. The molecule has 6 nitrogen and oxygen atoms in total. The van der Waals surface area contributed by atoms with Crippen LogP contribution in [0.25, 0.3) is 16.9 Å². The van der Waals surface area contributed by atoms with E-state index in [4.69, 9.17) is 14.6 Å². The van der Waals surface area contributed by atoms with E-state index >= 15 is 0 Å². The van der Waals surface area contributed by atoms with Crippen LogP contribution < -0.4 is 14.8 Å². The van der Waals surface area contributed by atoms with E-state index in [1.54, 1.807) is 14.2 Å². The molecule has 0 bridgehead atoms. The molecule has 0 amide bonds. The SMILES string of the molecule is COc1ccc(-c2cc3nc(C)cc(N[C@@H](C)c4ccccc4)n3n2)cc1OC. The van der Waals surface area contributed by atoms with Crippen molar-refractivity contribution in [1.29, 1.82) is 0 Å². The fourth-order valence-electron chi connectivity index (χ4n) is 3.39. The highest BCUT2D eigenvalue weighted by Crippen LogP contribution is 2.32. The topological polar surface area (TPSA) is 60.7 Å². The fourth-order valence-corrected chi connectivity index (χ4v) is 3.39. The van der Waals surface area contributed by atoms with Crippen molar-refractivity contribution in [2.24, 2.45) is 0 Å². The number of hydrogen-bond acceptors (Lipinski definition) is 5. The van der Waals surface area contributed by atoms with E-state index < -0.39 is 0 Å².